The highest BCUT2D eigenvalue weighted by Gasteiger charge is 1.84. The van der Waals surface area contributed by atoms with E-state index < -0.39 is 0 Å². The second-order valence-electron chi connectivity index (χ2n) is 2.10. The average molecular weight is 126 g/mol. The molecule has 0 rings (SSSR count). The van der Waals surface area contributed by atoms with Crippen molar-refractivity contribution in [2.24, 2.45) is 5.73 Å². The van der Waals surface area contributed by atoms with Crippen molar-refractivity contribution in [2.45, 2.75) is 25.7 Å². The third-order valence-electron chi connectivity index (χ3n) is 1.20. The number of nitrogens with two attached hydrogens (primary N) is 1. The molecule has 0 aliphatic heterocycles. The fourth-order valence-corrected chi connectivity index (χ4v) is 0.669. The standard InChI is InChI=1S/C8H16N/c1-2-3-4-5-6-7-8-9/h2,4H,1,3,5-9H2. The van der Waals surface area contributed by atoms with E-state index in [0.29, 0.717) is 0 Å². The highest BCUT2D eigenvalue weighted by atomic mass is 14.5. The molecule has 0 spiro atoms. The van der Waals surface area contributed by atoms with E-state index in [1.165, 1.54) is 12.8 Å². The van der Waals surface area contributed by atoms with E-state index in [0.717, 1.165) is 19.4 Å². The molecule has 53 valence electrons. The van der Waals surface area contributed by atoms with Gasteiger partial charge in [-0.3, -0.25) is 0 Å². The van der Waals surface area contributed by atoms with Gasteiger partial charge in [-0.1, -0.05) is 12.5 Å². The van der Waals surface area contributed by atoms with E-state index in [9.17, 15) is 0 Å². The molecule has 0 amide bonds. The van der Waals surface area contributed by atoms with Crippen molar-refractivity contribution in [1.29, 1.82) is 0 Å². The minimum absolute atomic E-state index is 0.821. The Labute approximate surface area is 57.9 Å². The summed E-state index contributed by atoms with van der Waals surface area (Å²) in [6.45, 7) is 4.44. The Morgan fingerprint density at radius 2 is 2.11 bits per heavy atom. The van der Waals surface area contributed by atoms with E-state index in [-0.39, 0.29) is 0 Å². The van der Waals surface area contributed by atoms with Crippen LogP contribution in [0.25, 0.3) is 0 Å². The molecule has 2 N–H and O–H groups in total. The molecule has 0 aromatic carbocycles. The van der Waals surface area contributed by atoms with Crippen LogP contribution in [-0.4, -0.2) is 6.54 Å². The van der Waals surface area contributed by atoms with Crippen LogP contribution in [0.1, 0.15) is 25.7 Å². The van der Waals surface area contributed by atoms with Gasteiger partial charge < -0.3 is 5.73 Å². The van der Waals surface area contributed by atoms with Gasteiger partial charge in [0.15, 0.2) is 0 Å². The maximum absolute atomic E-state index is 5.31. The molecule has 0 aromatic heterocycles. The van der Waals surface area contributed by atoms with Crippen LogP contribution in [0.3, 0.4) is 0 Å². The van der Waals surface area contributed by atoms with Gasteiger partial charge in [0.05, 0.1) is 0 Å². The molecule has 0 aliphatic carbocycles. The first kappa shape index (κ1) is 8.70. The summed E-state index contributed by atoms with van der Waals surface area (Å²) in [6, 6.07) is 0. The zero-order valence-electron chi connectivity index (χ0n) is 5.97. The molecule has 0 fully saturated rings. The Morgan fingerprint density at radius 3 is 2.67 bits per heavy atom. The van der Waals surface area contributed by atoms with Gasteiger partial charge in [-0.05, 0) is 32.2 Å². The SMILES string of the molecule is C=CC[CH]CCCCN. The summed E-state index contributed by atoms with van der Waals surface area (Å²) < 4.78 is 0. The molecule has 9 heavy (non-hydrogen) atoms. The lowest BCUT2D eigenvalue weighted by atomic mass is 10.1. The van der Waals surface area contributed by atoms with Crippen molar-refractivity contribution >= 4 is 0 Å². The third kappa shape index (κ3) is 7.70. The molecule has 0 aromatic rings. The Hall–Kier alpha value is -0.300. The molecular weight excluding hydrogens is 110 g/mol. The maximum atomic E-state index is 5.31. The van der Waals surface area contributed by atoms with Gasteiger partial charge in [-0.15, -0.1) is 6.58 Å². The lowest BCUT2D eigenvalue weighted by Gasteiger charge is -1.94. The van der Waals surface area contributed by atoms with Crippen LogP contribution in [0.2, 0.25) is 0 Å². The smallest absolute Gasteiger partial charge is 0.00773 e. The molecular formula is C8H16N. The minimum atomic E-state index is 0.821. The van der Waals surface area contributed by atoms with Gasteiger partial charge >= 0.3 is 0 Å². The van der Waals surface area contributed by atoms with Crippen LogP contribution in [-0.2, 0) is 0 Å². The highest BCUT2D eigenvalue weighted by molar-refractivity contribution is 4.77. The fraction of sp³-hybridized carbons (Fsp3) is 0.625. The van der Waals surface area contributed by atoms with E-state index in [4.69, 9.17) is 5.73 Å². The van der Waals surface area contributed by atoms with Crippen molar-refractivity contribution in [3.05, 3.63) is 19.1 Å². The molecule has 0 unspecified atom stereocenters. The molecule has 0 bridgehead atoms. The molecule has 0 atom stereocenters. The van der Waals surface area contributed by atoms with Crippen molar-refractivity contribution in [3.8, 4) is 0 Å². The number of unbranched alkanes of at least 4 members (excludes halogenated alkanes) is 4. The monoisotopic (exact) mass is 126 g/mol. The molecule has 0 heterocycles. The summed E-state index contributed by atoms with van der Waals surface area (Å²) in [5, 5.41) is 0. The lowest BCUT2D eigenvalue weighted by molar-refractivity contribution is 0.729. The summed E-state index contributed by atoms with van der Waals surface area (Å²) in [5.74, 6) is 0. The van der Waals surface area contributed by atoms with Crippen molar-refractivity contribution in [2.75, 3.05) is 6.54 Å². The van der Waals surface area contributed by atoms with Gasteiger partial charge in [-0.2, -0.15) is 0 Å². The van der Waals surface area contributed by atoms with Crippen molar-refractivity contribution in [1.82, 2.24) is 0 Å². The first-order valence-electron chi connectivity index (χ1n) is 3.54. The van der Waals surface area contributed by atoms with Crippen LogP contribution in [0.4, 0.5) is 0 Å². The summed E-state index contributed by atoms with van der Waals surface area (Å²) in [7, 11) is 0. The van der Waals surface area contributed by atoms with Crippen LogP contribution in [0.5, 0.6) is 0 Å². The Balaban J connectivity index is 2.66. The highest BCUT2D eigenvalue weighted by Crippen LogP contribution is 2.00. The van der Waals surface area contributed by atoms with Gasteiger partial charge in [0.2, 0.25) is 0 Å². The maximum Gasteiger partial charge on any atom is -0.00773 e. The number of rotatable bonds is 6. The zero-order valence-corrected chi connectivity index (χ0v) is 5.97. The van der Waals surface area contributed by atoms with Gasteiger partial charge in [-0.25, -0.2) is 0 Å². The molecule has 1 heteroatoms. The van der Waals surface area contributed by atoms with Gasteiger partial charge in [0.1, 0.15) is 0 Å². The fourth-order valence-electron chi connectivity index (χ4n) is 0.669. The Kier molecular flexibility index (Phi) is 7.44. The molecule has 1 radical (unpaired) electrons. The number of hydrogen-bond acceptors (Lipinski definition) is 1. The number of allylic oxidation sites excluding steroid dienone is 1. The van der Waals surface area contributed by atoms with E-state index >= 15 is 0 Å². The minimum Gasteiger partial charge on any atom is -0.330 e. The second-order valence-corrected chi connectivity index (χ2v) is 2.10. The van der Waals surface area contributed by atoms with E-state index in [1.54, 1.807) is 0 Å². The normalized spacial score (nSPS) is 9.44. The summed E-state index contributed by atoms with van der Waals surface area (Å²) in [4.78, 5) is 0. The van der Waals surface area contributed by atoms with Crippen molar-refractivity contribution in [3.63, 3.8) is 0 Å². The zero-order chi connectivity index (χ0) is 6.95. The largest absolute Gasteiger partial charge is 0.330 e. The van der Waals surface area contributed by atoms with Crippen LogP contribution >= 0.6 is 0 Å². The van der Waals surface area contributed by atoms with Crippen molar-refractivity contribution < 1.29 is 0 Å². The topological polar surface area (TPSA) is 26.0 Å². The van der Waals surface area contributed by atoms with Crippen LogP contribution < -0.4 is 5.73 Å². The quantitative estimate of drug-likeness (QED) is 0.427. The Morgan fingerprint density at radius 1 is 1.33 bits per heavy atom. The van der Waals surface area contributed by atoms with Gasteiger partial charge in [0, 0.05) is 0 Å². The predicted molar refractivity (Wildman–Crippen MR) is 42.0 cm³/mol. The molecule has 0 aliphatic rings. The average Bonchev–Trinajstić information content (AvgIpc) is 1.89. The Bertz CT molecular complexity index is 59.6. The van der Waals surface area contributed by atoms with Crippen LogP contribution in [0.15, 0.2) is 12.7 Å². The summed E-state index contributed by atoms with van der Waals surface area (Å²) in [6.07, 6.45) is 8.75. The predicted octanol–water partition coefficient (Wildman–Crippen LogP) is 1.90. The van der Waals surface area contributed by atoms with E-state index in [2.05, 4.69) is 13.0 Å². The van der Waals surface area contributed by atoms with Crippen LogP contribution in [0, 0.1) is 6.42 Å². The molecule has 0 saturated carbocycles. The number of hydrogen-bond donors (Lipinski definition) is 1. The molecule has 1 nitrogen and oxygen atoms in total. The molecule has 0 saturated heterocycles. The summed E-state index contributed by atoms with van der Waals surface area (Å²) >= 11 is 0. The lowest BCUT2D eigenvalue weighted by Crippen LogP contribution is -1.97. The third-order valence-corrected chi connectivity index (χ3v) is 1.20. The first-order chi connectivity index (χ1) is 4.41. The van der Waals surface area contributed by atoms with Gasteiger partial charge in [0.25, 0.3) is 0 Å². The first-order valence-corrected chi connectivity index (χ1v) is 3.54. The second kappa shape index (κ2) is 7.70. The van der Waals surface area contributed by atoms with E-state index in [1.807, 2.05) is 6.08 Å². The summed E-state index contributed by atoms with van der Waals surface area (Å²) in [5.41, 5.74) is 5.31.